The molecule has 36 heavy (non-hydrogen) atoms. The van der Waals surface area contributed by atoms with E-state index >= 15 is 4.39 Å². The number of nitrogens with zero attached hydrogens (tertiary/aromatic N) is 3. The van der Waals surface area contributed by atoms with E-state index in [0.717, 1.165) is 0 Å². The normalized spacial score (nSPS) is 16.2. The first-order valence-electron chi connectivity index (χ1n) is 11.2. The first kappa shape index (κ1) is 24.1. The van der Waals surface area contributed by atoms with Crippen molar-refractivity contribution >= 4 is 22.5 Å². The van der Waals surface area contributed by atoms with Gasteiger partial charge in [-0.1, -0.05) is 6.07 Å². The summed E-state index contributed by atoms with van der Waals surface area (Å²) in [7, 11) is 0. The van der Waals surface area contributed by atoms with Crippen LogP contribution in [0.2, 0.25) is 0 Å². The lowest BCUT2D eigenvalue weighted by Crippen LogP contribution is -2.48. The maximum Gasteiger partial charge on any atom is 0.369 e. The van der Waals surface area contributed by atoms with Gasteiger partial charge in [0, 0.05) is 50.1 Å². The van der Waals surface area contributed by atoms with Gasteiger partial charge < -0.3 is 29.9 Å². The molecule has 2 aromatic heterocycles. The van der Waals surface area contributed by atoms with Crippen molar-refractivity contribution in [1.82, 2.24) is 20.2 Å². The lowest BCUT2D eigenvalue weighted by molar-refractivity contribution is -0.323. The summed E-state index contributed by atoms with van der Waals surface area (Å²) in [6.45, 7) is 2.48. The highest BCUT2D eigenvalue weighted by Gasteiger charge is 2.26. The summed E-state index contributed by atoms with van der Waals surface area (Å²) in [6.07, 6.45) is -2.95. The minimum atomic E-state index is -3.45. The SMILES string of the molecule is O=C(NC(O)(O)O)c1ccc(N2CCN(Cc3ccc4c5c(c(=O)[nH]c4c3F)CCO5)CC2)c(F)n1. The summed E-state index contributed by atoms with van der Waals surface area (Å²) in [4.78, 5) is 34.0. The third-order valence-corrected chi connectivity index (χ3v) is 6.30. The Morgan fingerprint density at radius 3 is 2.58 bits per heavy atom. The Labute approximate surface area is 202 Å². The van der Waals surface area contributed by atoms with E-state index in [4.69, 9.17) is 20.1 Å². The van der Waals surface area contributed by atoms with Crippen LogP contribution in [0.3, 0.4) is 0 Å². The van der Waals surface area contributed by atoms with E-state index in [0.29, 0.717) is 68.0 Å². The Morgan fingerprint density at radius 1 is 1.14 bits per heavy atom. The number of aromatic nitrogens is 2. The quantitative estimate of drug-likeness (QED) is 0.235. The molecule has 1 saturated heterocycles. The summed E-state index contributed by atoms with van der Waals surface area (Å²) < 4.78 is 35.4. The van der Waals surface area contributed by atoms with Crippen molar-refractivity contribution in [2.24, 2.45) is 0 Å². The lowest BCUT2D eigenvalue weighted by Gasteiger charge is -2.36. The second kappa shape index (κ2) is 9.09. The van der Waals surface area contributed by atoms with Crippen molar-refractivity contribution in [3.8, 4) is 5.75 Å². The van der Waals surface area contributed by atoms with E-state index in [1.54, 1.807) is 17.0 Å². The van der Waals surface area contributed by atoms with E-state index in [9.17, 15) is 14.0 Å². The van der Waals surface area contributed by atoms with Crippen LogP contribution in [0.25, 0.3) is 10.9 Å². The second-order valence-electron chi connectivity index (χ2n) is 8.68. The van der Waals surface area contributed by atoms with Gasteiger partial charge in [-0.2, -0.15) is 4.39 Å². The molecular formula is C23H23F2N5O6. The van der Waals surface area contributed by atoms with Gasteiger partial charge in [0.05, 0.1) is 23.4 Å². The zero-order valence-corrected chi connectivity index (χ0v) is 18.9. The van der Waals surface area contributed by atoms with Crippen LogP contribution < -0.4 is 20.5 Å². The third-order valence-electron chi connectivity index (χ3n) is 6.30. The number of H-pyrrole nitrogens is 1. The van der Waals surface area contributed by atoms with Crippen LogP contribution in [-0.4, -0.2) is 75.0 Å². The Bertz CT molecular complexity index is 1400. The Hall–Kier alpha value is -3.65. The van der Waals surface area contributed by atoms with Gasteiger partial charge in [-0.05, 0) is 18.2 Å². The monoisotopic (exact) mass is 503 g/mol. The maximum atomic E-state index is 15.3. The molecule has 5 rings (SSSR count). The van der Waals surface area contributed by atoms with Gasteiger partial charge in [-0.25, -0.2) is 9.37 Å². The molecule has 0 unspecified atom stereocenters. The molecule has 13 heteroatoms. The summed E-state index contributed by atoms with van der Waals surface area (Å²) >= 11 is 0. The molecule has 0 aliphatic carbocycles. The average molecular weight is 503 g/mol. The molecule has 2 aliphatic rings. The molecule has 0 saturated carbocycles. The molecule has 5 N–H and O–H groups in total. The van der Waals surface area contributed by atoms with Crippen molar-refractivity contribution < 1.29 is 33.6 Å². The van der Waals surface area contributed by atoms with Gasteiger partial charge in [-0.15, -0.1) is 0 Å². The number of anilines is 1. The number of carbonyl (C=O) groups excluding carboxylic acids is 1. The molecular weight excluding hydrogens is 480 g/mol. The lowest BCUT2D eigenvalue weighted by atomic mass is 10.1. The number of hydrogen-bond donors (Lipinski definition) is 5. The number of ether oxygens (including phenoxy) is 1. The first-order chi connectivity index (χ1) is 17.1. The fourth-order valence-corrected chi connectivity index (χ4v) is 4.55. The summed E-state index contributed by atoms with van der Waals surface area (Å²) in [5, 5.41) is 28.5. The average Bonchev–Trinajstić information content (AvgIpc) is 3.32. The molecule has 3 aromatic rings. The number of amides is 1. The number of rotatable bonds is 5. The van der Waals surface area contributed by atoms with E-state index in [1.807, 2.05) is 4.90 Å². The number of hydrogen-bond acceptors (Lipinski definition) is 9. The predicted molar refractivity (Wildman–Crippen MR) is 122 cm³/mol. The molecule has 2 aliphatic heterocycles. The number of aliphatic hydroxyl groups is 3. The van der Waals surface area contributed by atoms with Gasteiger partial charge in [0.15, 0.2) is 5.82 Å². The molecule has 0 bridgehead atoms. The topological polar surface area (TPSA) is 151 Å². The molecule has 4 heterocycles. The molecule has 1 aromatic carbocycles. The van der Waals surface area contributed by atoms with E-state index in [-0.39, 0.29) is 16.8 Å². The molecule has 1 amide bonds. The first-order valence-corrected chi connectivity index (χ1v) is 11.2. The molecule has 190 valence electrons. The number of pyridine rings is 2. The summed E-state index contributed by atoms with van der Waals surface area (Å²) in [5.74, 6) is -2.18. The Morgan fingerprint density at radius 2 is 1.89 bits per heavy atom. The van der Waals surface area contributed by atoms with Crippen LogP contribution in [0, 0.1) is 11.8 Å². The van der Waals surface area contributed by atoms with Crippen LogP contribution in [0.15, 0.2) is 29.1 Å². The van der Waals surface area contributed by atoms with Crippen LogP contribution in [0.5, 0.6) is 5.75 Å². The summed E-state index contributed by atoms with van der Waals surface area (Å²) in [5.41, 5.74) is 0.428. The number of nitrogens with one attached hydrogen (secondary N) is 2. The zero-order chi connectivity index (χ0) is 25.6. The highest BCUT2D eigenvalue weighted by molar-refractivity contribution is 5.92. The van der Waals surface area contributed by atoms with Gasteiger partial charge >= 0.3 is 6.10 Å². The third kappa shape index (κ3) is 4.60. The largest absolute Gasteiger partial charge is 0.492 e. The van der Waals surface area contributed by atoms with E-state index in [1.165, 1.54) is 17.4 Å². The Kier molecular flexibility index (Phi) is 6.08. The van der Waals surface area contributed by atoms with Crippen molar-refractivity contribution in [1.29, 1.82) is 0 Å². The van der Waals surface area contributed by atoms with Crippen LogP contribution in [0.1, 0.15) is 21.6 Å². The molecule has 0 spiro atoms. The van der Waals surface area contributed by atoms with Crippen molar-refractivity contribution in [2.75, 3.05) is 37.7 Å². The van der Waals surface area contributed by atoms with Gasteiger partial charge in [0.2, 0.25) is 5.95 Å². The number of fused-ring (bicyclic) bond motifs is 3. The maximum absolute atomic E-state index is 15.3. The van der Waals surface area contributed by atoms with Crippen molar-refractivity contribution in [3.63, 3.8) is 0 Å². The number of carbonyl (C=O) groups is 1. The van der Waals surface area contributed by atoms with Crippen molar-refractivity contribution in [3.05, 3.63) is 63.2 Å². The van der Waals surface area contributed by atoms with Crippen molar-refractivity contribution in [2.45, 2.75) is 19.1 Å². The minimum absolute atomic E-state index is 0.120. The predicted octanol–water partition coefficient (Wildman–Crippen LogP) is -0.224. The number of halogens is 2. The molecule has 0 atom stereocenters. The number of aromatic amines is 1. The summed E-state index contributed by atoms with van der Waals surface area (Å²) in [6, 6.07) is 5.95. The molecule has 11 nitrogen and oxygen atoms in total. The van der Waals surface area contributed by atoms with E-state index < -0.39 is 29.5 Å². The number of piperazine rings is 1. The van der Waals surface area contributed by atoms with Crippen LogP contribution >= 0.6 is 0 Å². The molecule has 1 fully saturated rings. The standard InChI is InChI=1S/C23H23F2N5O6/c24-17-12(1-2-13-18(17)27-21(31)14-5-10-36-19(13)14)11-29-6-8-30(9-7-29)16-4-3-15(26-20(16)25)22(32)28-23(33,34)35/h1-4,33-35H,5-11H2,(H,27,31)(H,28,32). The zero-order valence-electron chi connectivity index (χ0n) is 18.9. The van der Waals surface area contributed by atoms with Crippen LogP contribution in [-0.2, 0) is 13.0 Å². The highest BCUT2D eigenvalue weighted by atomic mass is 19.1. The highest BCUT2D eigenvalue weighted by Crippen LogP contribution is 2.33. The second-order valence-corrected chi connectivity index (χ2v) is 8.68. The van der Waals surface area contributed by atoms with Gasteiger partial charge in [-0.3, -0.25) is 19.8 Å². The van der Waals surface area contributed by atoms with Gasteiger partial charge in [0.25, 0.3) is 11.5 Å². The Balaban J connectivity index is 1.26. The molecule has 0 radical (unpaired) electrons. The minimum Gasteiger partial charge on any atom is -0.492 e. The smallest absolute Gasteiger partial charge is 0.369 e. The van der Waals surface area contributed by atoms with E-state index in [2.05, 4.69) is 9.97 Å². The van der Waals surface area contributed by atoms with Crippen LogP contribution in [0.4, 0.5) is 14.5 Å². The van der Waals surface area contributed by atoms with Gasteiger partial charge in [0.1, 0.15) is 11.4 Å². The number of benzene rings is 1. The fraction of sp³-hybridized carbons (Fsp3) is 0.348. The fourth-order valence-electron chi connectivity index (χ4n) is 4.55.